The van der Waals surface area contributed by atoms with E-state index in [4.69, 9.17) is 15.7 Å². The SMILES string of the molecule is CN(CCC(C)(N)C#N)C1CCOC1. The molecule has 4 nitrogen and oxygen atoms in total. The van der Waals surface area contributed by atoms with Gasteiger partial charge >= 0.3 is 0 Å². The molecule has 2 unspecified atom stereocenters. The summed E-state index contributed by atoms with van der Waals surface area (Å²) >= 11 is 0. The van der Waals surface area contributed by atoms with E-state index in [2.05, 4.69) is 18.0 Å². The number of nitriles is 1. The second-order valence-electron chi connectivity index (χ2n) is 4.28. The van der Waals surface area contributed by atoms with Crippen LogP contribution in [0.1, 0.15) is 19.8 Å². The Labute approximate surface area is 85.6 Å². The van der Waals surface area contributed by atoms with Crippen LogP contribution in [0, 0.1) is 11.3 Å². The first-order valence-electron chi connectivity index (χ1n) is 5.03. The summed E-state index contributed by atoms with van der Waals surface area (Å²) in [5.74, 6) is 0. The summed E-state index contributed by atoms with van der Waals surface area (Å²) in [6.07, 6.45) is 1.79. The Morgan fingerprint density at radius 1 is 1.71 bits per heavy atom. The maximum absolute atomic E-state index is 8.75. The first-order chi connectivity index (χ1) is 6.55. The molecular weight excluding hydrogens is 178 g/mol. The Kier molecular flexibility index (Phi) is 3.87. The van der Waals surface area contributed by atoms with E-state index < -0.39 is 5.54 Å². The van der Waals surface area contributed by atoms with Crippen molar-refractivity contribution in [3.05, 3.63) is 0 Å². The minimum atomic E-state index is -0.701. The van der Waals surface area contributed by atoms with Crippen LogP contribution in [0.4, 0.5) is 0 Å². The number of hydrogen-bond donors (Lipinski definition) is 1. The first kappa shape index (κ1) is 11.4. The van der Waals surface area contributed by atoms with Crippen molar-refractivity contribution in [1.82, 2.24) is 4.90 Å². The number of ether oxygens (including phenoxy) is 1. The van der Waals surface area contributed by atoms with Crippen LogP contribution in [0.15, 0.2) is 0 Å². The van der Waals surface area contributed by atoms with Crippen LogP contribution in [0.5, 0.6) is 0 Å². The summed E-state index contributed by atoms with van der Waals surface area (Å²) in [6, 6.07) is 2.61. The van der Waals surface area contributed by atoms with Crippen LogP contribution in [0.2, 0.25) is 0 Å². The van der Waals surface area contributed by atoms with Gasteiger partial charge in [-0.2, -0.15) is 5.26 Å². The summed E-state index contributed by atoms with van der Waals surface area (Å²) < 4.78 is 5.30. The van der Waals surface area contributed by atoms with Crippen LogP contribution in [-0.4, -0.2) is 43.3 Å². The molecule has 0 bridgehead atoms. The molecule has 1 aliphatic heterocycles. The van der Waals surface area contributed by atoms with Crippen LogP contribution >= 0.6 is 0 Å². The fourth-order valence-corrected chi connectivity index (χ4v) is 1.52. The highest BCUT2D eigenvalue weighted by Crippen LogP contribution is 2.12. The van der Waals surface area contributed by atoms with Crippen molar-refractivity contribution < 1.29 is 4.74 Å². The molecule has 1 saturated heterocycles. The molecule has 14 heavy (non-hydrogen) atoms. The lowest BCUT2D eigenvalue weighted by Crippen LogP contribution is -2.41. The molecule has 80 valence electrons. The van der Waals surface area contributed by atoms with Gasteiger partial charge in [0.25, 0.3) is 0 Å². The lowest BCUT2D eigenvalue weighted by molar-refractivity contribution is 0.156. The Bertz CT molecular complexity index is 216. The van der Waals surface area contributed by atoms with E-state index in [1.807, 2.05) is 0 Å². The predicted octanol–water partition coefficient (Wildman–Crippen LogP) is 0.338. The third kappa shape index (κ3) is 3.26. The molecule has 1 fully saturated rings. The van der Waals surface area contributed by atoms with Gasteiger partial charge in [0.2, 0.25) is 0 Å². The van der Waals surface area contributed by atoms with Gasteiger partial charge in [-0.05, 0) is 26.8 Å². The van der Waals surface area contributed by atoms with E-state index in [1.54, 1.807) is 6.92 Å². The van der Waals surface area contributed by atoms with Gasteiger partial charge in [-0.1, -0.05) is 0 Å². The number of nitrogens with two attached hydrogens (primary N) is 1. The van der Waals surface area contributed by atoms with Crippen molar-refractivity contribution >= 4 is 0 Å². The fraction of sp³-hybridized carbons (Fsp3) is 0.900. The van der Waals surface area contributed by atoms with E-state index >= 15 is 0 Å². The van der Waals surface area contributed by atoms with E-state index in [0.717, 1.165) is 26.2 Å². The number of likely N-dealkylation sites (N-methyl/N-ethyl adjacent to an activating group) is 1. The zero-order valence-corrected chi connectivity index (χ0v) is 8.99. The molecule has 0 radical (unpaired) electrons. The number of hydrogen-bond acceptors (Lipinski definition) is 4. The summed E-state index contributed by atoms with van der Waals surface area (Å²) in [6.45, 7) is 4.29. The molecule has 2 N–H and O–H groups in total. The standard InChI is InChI=1S/C10H19N3O/c1-10(12,8-11)4-5-13(2)9-3-6-14-7-9/h9H,3-7,12H2,1-2H3. The monoisotopic (exact) mass is 197 g/mol. The van der Waals surface area contributed by atoms with Crippen molar-refractivity contribution in [2.24, 2.45) is 5.73 Å². The topological polar surface area (TPSA) is 62.3 Å². The molecule has 1 aliphatic rings. The first-order valence-corrected chi connectivity index (χ1v) is 5.03. The second-order valence-corrected chi connectivity index (χ2v) is 4.28. The van der Waals surface area contributed by atoms with Gasteiger partial charge in [-0.25, -0.2) is 0 Å². The van der Waals surface area contributed by atoms with Crippen LogP contribution in [0.3, 0.4) is 0 Å². The summed E-state index contributed by atoms with van der Waals surface area (Å²) in [7, 11) is 2.06. The fourth-order valence-electron chi connectivity index (χ4n) is 1.52. The molecule has 0 saturated carbocycles. The van der Waals surface area contributed by atoms with Crippen LogP contribution in [0.25, 0.3) is 0 Å². The van der Waals surface area contributed by atoms with E-state index in [-0.39, 0.29) is 0 Å². The lowest BCUT2D eigenvalue weighted by Gasteiger charge is -2.25. The molecule has 0 aliphatic carbocycles. The summed E-state index contributed by atoms with van der Waals surface area (Å²) in [5, 5.41) is 8.75. The molecule has 1 rings (SSSR count). The molecule has 0 spiro atoms. The number of rotatable bonds is 4. The third-order valence-electron chi connectivity index (χ3n) is 2.77. The molecule has 4 heteroatoms. The van der Waals surface area contributed by atoms with Crippen molar-refractivity contribution in [2.45, 2.75) is 31.3 Å². The smallest absolute Gasteiger partial charge is 0.102 e. The lowest BCUT2D eigenvalue weighted by atomic mass is 10.0. The molecule has 0 amide bonds. The van der Waals surface area contributed by atoms with Crippen molar-refractivity contribution in [3.8, 4) is 6.07 Å². The molecule has 1 heterocycles. The normalized spacial score (nSPS) is 26.1. The Morgan fingerprint density at radius 2 is 2.43 bits per heavy atom. The average molecular weight is 197 g/mol. The van der Waals surface area contributed by atoms with Crippen LogP contribution in [-0.2, 0) is 4.74 Å². The van der Waals surface area contributed by atoms with Gasteiger partial charge in [0, 0.05) is 19.2 Å². The van der Waals surface area contributed by atoms with E-state index in [0.29, 0.717) is 12.5 Å². The molecule has 0 aromatic heterocycles. The summed E-state index contributed by atoms with van der Waals surface area (Å²) in [5.41, 5.74) is 5.04. The zero-order valence-electron chi connectivity index (χ0n) is 8.99. The highest BCUT2D eigenvalue weighted by Gasteiger charge is 2.23. The van der Waals surface area contributed by atoms with Crippen molar-refractivity contribution in [2.75, 3.05) is 26.8 Å². The molecule has 0 aromatic carbocycles. The second kappa shape index (κ2) is 4.74. The van der Waals surface area contributed by atoms with Gasteiger partial charge in [0.1, 0.15) is 5.54 Å². The predicted molar refractivity (Wildman–Crippen MR) is 54.7 cm³/mol. The highest BCUT2D eigenvalue weighted by atomic mass is 16.5. The van der Waals surface area contributed by atoms with Crippen LogP contribution < -0.4 is 5.73 Å². The average Bonchev–Trinajstić information content (AvgIpc) is 2.67. The maximum atomic E-state index is 8.75. The van der Waals surface area contributed by atoms with Crippen molar-refractivity contribution in [1.29, 1.82) is 5.26 Å². The summed E-state index contributed by atoms with van der Waals surface area (Å²) in [4.78, 5) is 2.23. The Hall–Kier alpha value is -0.630. The highest BCUT2D eigenvalue weighted by molar-refractivity contribution is 5.01. The van der Waals surface area contributed by atoms with Gasteiger partial charge < -0.3 is 15.4 Å². The number of nitrogens with zero attached hydrogens (tertiary/aromatic N) is 2. The molecular formula is C10H19N3O. The van der Waals surface area contributed by atoms with E-state index in [9.17, 15) is 0 Å². The zero-order chi connectivity index (χ0) is 10.6. The Morgan fingerprint density at radius 3 is 2.93 bits per heavy atom. The van der Waals surface area contributed by atoms with Gasteiger partial charge in [-0.15, -0.1) is 0 Å². The maximum Gasteiger partial charge on any atom is 0.102 e. The van der Waals surface area contributed by atoms with E-state index in [1.165, 1.54) is 0 Å². The Balaban J connectivity index is 2.27. The third-order valence-corrected chi connectivity index (χ3v) is 2.77. The van der Waals surface area contributed by atoms with Gasteiger partial charge in [0.15, 0.2) is 0 Å². The van der Waals surface area contributed by atoms with Gasteiger partial charge in [-0.3, -0.25) is 0 Å². The molecule has 0 aromatic rings. The minimum absolute atomic E-state index is 0.504. The van der Waals surface area contributed by atoms with Gasteiger partial charge in [0.05, 0.1) is 12.7 Å². The van der Waals surface area contributed by atoms with Crippen molar-refractivity contribution in [3.63, 3.8) is 0 Å². The quantitative estimate of drug-likeness (QED) is 0.706. The molecule has 2 atom stereocenters. The largest absolute Gasteiger partial charge is 0.380 e. The minimum Gasteiger partial charge on any atom is -0.380 e.